The molecule has 1 fully saturated rings. The molecule has 1 amide bonds. The molecular weight excluding hydrogens is 446 g/mol. The Bertz CT molecular complexity index is 1020. The summed E-state index contributed by atoms with van der Waals surface area (Å²) in [6, 6.07) is 7.40. The van der Waals surface area contributed by atoms with Crippen molar-refractivity contribution < 1.29 is 28.2 Å². The van der Waals surface area contributed by atoms with Gasteiger partial charge in [-0.1, -0.05) is 12.1 Å². The van der Waals surface area contributed by atoms with Gasteiger partial charge in [-0.2, -0.15) is 8.78 Å². The van der Waals surface area contributed by atoms with Crippen molar-refractivity contribution in [3.8, 4) is 5.75 Å². The first-order valence-corrected chi connectivity index (χ1v) is 11.1. The first-order valence-electron chi connectivity index (χ1n) is 11.1. The summed E-state index contributed by atoms with van der Waals surface area (Å²) in [4.78, 5) is 17.4. The number of anilines is 1. The van der Waals surface area contributed by atoms with Gasteiger partial charge in [0.25, 0.3) is 5.91 Å². The van der Waals surface area contributed by atoms with Crippen LogP contribution in [0.1, 0.15) is 55.2 Å². The monoisotopic (exact) mass is 476 g/mol. The molecule has 8 nitrogen and oxygen atoms in total. The molecule has 0 aliphatic carbocycles. The maximum absolute atomic E-state index is 13.1. The zero-order valence-electron chi connectivity index (χ0n) is 19.4. The number of alkyl halides is 2. The molecule has 1 saturated heterocycles. The lowest BCUT2D eigenvalue weighted by molar-refractivity contribution is -0.0498. The minimum Gasteiger partial charge on any atom is -0.435 e. The molecule has 2 aromatic rings. The average Bonchev–Trinajstić information content (AvgIpc) is 2.78. The lowest BCUT2D eigenvalue weighted by Crippen LogP contribution is -2.58. The Morgan fingerprint density at radius 1 is 1.21 bits per heavy atom. The van der Waals surface area contributed by atoms with Gasteiger partial charge in [-0.15, -0.1) is 0 Å². The number of hydrogen-bond acceptors (Lipinski definition) is 7. The van der Waals surface area contributed by atoms with Crippen molar-refractivity contribution in [2.24, 2.45) is 0 Å². The van der Waals surface area contributed by atoms with Crippen molar-refractivity contribution in [3.63, 3.8) is 0 Å². The van der Waals surface area contributed by atoms with Crippen molar-refractivity contribution in [1.29, 1.82) is 5.41 Å². The van der Waals surface area contributed by atoms with Crippen LogP contribution in [0.2, 0.25) is 0 Å². The van der Waals surface area contributed by atoms with Crippen molar-refractivity contribution in [2.45, 2.75) is 57.9 Å². The lowest BCUT2D eigenvalue weighted by atomic mass is 9.84. The molecule has 0 saturated carbocycles. The second-order valence-electron chi connectivity index (χ2n) is 8.60. The number of aliphatic hydroxyl groups is 1. The van der Waals surface area contributed by atoms with E-state index in [1.54, 1.807) is 19.1 Å². The maximum Gasteiger partial charge on any atom is 0.387 e. The molecule has 1 aliphatic heterocycles. The van der Waals surface area contributed by atoms with Crippen LogP contribution in [0.5, 0.6) is 5.75 Å². The number of amides is 1. The number of pyridine rings is 1. The number of nitrogens with one attached hydrogen (secondary N) is 3. The minimum absolute atomic E-state index is 0.0142. The number of carbonyl (C=O) groups is 1. The molecule has 4 N–H and O–H groups in total. The van der Waals surface area contributed by atoms with Crippen LogP contribution >= 0.6 is 0 Å². The van der Waals surface area contributed by atoms with Gasteiger partial charge in [-0.3, -0.25) is 15.2 Å². The predicted octanol–water partition coefficient (Wildman–Crippen LogP) is 3.58. The van der Waals surface area contributed by atoms with Crippen LogP contribution in [0.15, 0.2) is 36.5 Å². The van der Waals surface area contributed by atoms with Gasteiger partial charge in [0.1, 0.15) is 11.4 Å². The van der Waals surface area contributed by atoms with E-state index in [0.717, 1.165) is 0 Å². The molecule has 3 rings (SSSR count). The Morgan fingerprint density at radius 2 is 1.91 bits per heavy atom. The fourth-order valence-corrected chi connectivity index (χ4v) is 3.85. The zero-order chi connectivity index (χ0) is 24.9. The summed E-state index contributed by atoms with van der Waals surface area (Å²) in [6.07, 6.45) is 1.57. The van der Waals surface area contributed by atoms with E-state index >= 15 is 0 Å². The number of rotatable bonds is 9. The molecule has 0 unspecified atom stereocenters. The van der Waals surface area contributed by atoms with Crippen LogP contribution in [-0.4, -0.2) is 59.2 Å². The molecule has 1 atom stereocenters. The summed E-state index contributed by atoms with van der Waals surface area (Å²) in [6.45, 7) is 3.36. The number of nitrogens with zero attached hydrogens (tertiary/aromatic N) is 1. The Kier molecular flexibility index (Phi) is 8.16. The van der Waals surface area contributed by atoms with Crippen molar-refractivity contribution in [3.05, 3.63) is 53.3 Å². The summed E-state index contributed by atoms with van der Waals surface area (Å²) in [7, 11) is 0. The summed E-state index contributed by atoms with van der Waals surface area (Å²) in [5.41, 5.74) is 0.504. The molecular formula is C24H30F2N4O4. The third kappa shape index (κ3) is 6.06. The fourth-order valence-electron chi connectivity index (χ4n) is 3.85. The molecule has 1 aromatic carbocycles. The quantitative estimate of drug-likeness (QED) is 0.411. The molecule has 10 heteroatoms. The van der Waals surface area contributed by atoms with Gasteiger partial charge in [0.15, 0.2) is 0 Å². The van der Waals surface area contributed by atoms with E-state index < -0.39 is 24.2 Å². The van der Waals surface area contributed by atoms with Crippen LogP contribution in [0, 0.1) is 5.41 Å². The van der Waals surface area contributed by atoms with E-state index in [1.807, 2.05) is 13.8 Å². The number of ether oxygens (including phenoxy) is 2. The molecule has 0 bridgehead atoms. The second kappa shape index (κ2) is 10.9. The normalized spacial score (nSPS) is 16.2. The number of halogens is 2. The van der Waals surface area contributed by atoms with E-state index in [9.17, 15) is 18.7 Å². The lowest BCUT2D eigenvalue weighted by Gasteiger charge is -2.40. The standard InChI is InChI=1S/C24H30F2N4O4/c1-14(2)29-19-12-17(22(32)30-24(15(3)31)7-9-33-10-8-24)13-28-21(19)20(27)16-5-4-6-18(11-16)34-23(25)26/h4-6,11-15,23,27,29,31H,7-10H2,1-3H3,(H,30,32)/t15-/m1/s1. The van der Waals surface area contributed by atoms with Crippen molar-refractivity contribution >= 4 is 17.3 Å². The zero-order valence-corrected chi connectivity index (χ0v) is 19.4. The van der Waals surface area contributed by atoms with Gasteiger partial charge in [0.05, 0.1) is 28.6 Å². The Labute approximate surface area is 197 Å². The average molecular weight is 477 g/mol. The number of aliphatic hydroxyl groups excluding tert-OH is 1. The van der Waals surface area contributed by atoms with Crippen LogP contribution in [0.4, 0.5) is 14.5 Å². The molecule has 2 heterocycles. The van der Waals surface area contributed by atoms with Gasteiger partial charge < -0.3 is 25.2 Å². The van der Waals surface area contributed by atoms with Gasteiger partial charge in [0, 0.05) is 31.0 Å². The van der Waals surface area contributed by atoms with Crippen molar-refractivity contribution in [1.82, 2.24) is 10.3 Å². The number of carbonyl (C=O) groups excluding carboxylic acids is 1. The highest BCUT2D eigenvalue weighted by Gasteiger charge is 2.39. The van der Waals surface area contributed by atoms with Gasteiger partial charge in [-0.25, -0.2) is 0 Å². The van der Waals surface area contributed by atoms with E-state index in [4.69, 9.17) is 10.1 Å². The molecule has 1 aromatic heterocycles. The highest BCUT2D eigenvalue weighted by molar-refractivity contribution is 6.13. The first kappa shape index (κ1) is 25.5. The third-order valence-electron chi connectivity index (χ3n) is 5.73. The third-order valence-corrected chi connectivity index (χ3v) is 5.73. The first-order chi connectivity index (χ1) is 16.1. The number of hydrogen-bond donors (Lipinski definition) is 4. The molecule has 1 aliphatic rings. The minimum atomic E-state index is -2.97. The van der Waals surface area contributed by atoms with E-state index in [-0.39, 0.29) is 28.8 Å². The smallest absolute Gasteiger partial charge is 0.387 e. The highest BCUT2D eigenvalue weighted by Crippen LogP contribution is 2.27. The Hall–Kier alpha value is -3.11. The maximum atomic E-state index is 13.1. The highest BCUT2D eigenvalue weighted by atomic mass is 19.3. The summed E-state index contributed by atoms with van der Waals surface area (Å²) in [5.74, 6) is -0.459. The van der Waals surface area contributed by atoms with Crippen LogP contribution < -0.4 is 15.4 Å². The fraction of sp³-hybridized carbons (Fsp3) is 0.458. The van der Waals surface area contributed by atoms with Crippen LogP contribution in [0.25, 0.3) is 0 Å². The summed E-state index contributed by atoms with van der Waals surface area (Å²) in [5, 5.41) is 25.1. The molecule has 0 spiro atoms. The molecule has 0 radical (unpaired) electrons. The largest absolute Gasteiger partial charge is 0.435 e. The molecule has 184 valence electrons. The molecule has 34 heavy (non-hydrogen) atoms. The van der Waals surface area contributed by atoms with Crippen LogP contribution in [-0.2, 0) is 4.74 Å². The Balaban J connectivity index is 1.90. The number of benzene rings is 1. The van der Waals surface area contributed by atoms with Crippen LogP contribution in [0.3, 0.4) is 0 Å². The van der Waals surface area contributed by atoms with Crippen molar-refractivity contribution in [2.75, 3.05) is 18.5 Å². The van der Waals surface area contributed by atoms with E-state index in [0.29, 0.717) is 37.3 Å². The summed E-state index contributed by atoms with van der Waals surface area (Å²) >= 11 is 0. The van der Waals surface area contributed by atoms with E-state index in [2.05, 4.69) is 20.4 Å². The second-order valence-corrected chi connectivity index (χ2v) is 8.60. The van der Waals surface area contributed by atoms with Gasteiger partial charge in [-0.05, 0) is 51.8 Å². The number of aromatic nitrogens is 1. The Morgan fingerprint density at radius 3 is 2.53 bits per heavy atom. The topological polar surface area (TPSA) is 117 Å². The summed E-state index contributed by atoms with van der Waals surface area (Å²) < 4.78 is 35.0. The van der Waals surface area contributed by atoms with Gasteiger partial charge >= 0.3 is 6.61 Å². The predicted molar refractivity (Wildman–Crippen MR) is 124 cm³/mol. The van der Waals surface area contributed by atoms with Gasteiger partial charge in [0.2, 0.25) is 0 Å². The SMILES string of the molecule is CC(C)Nc1cc(C(=O)NC2([C@@H](C)O)CCOCC2)cnc1C(=N)c1cccc(OC(F)F)c1. The van der Waals surface area contributed by atoms with E-state index in [1.165, 1.54) is 24.4 Å².